The van der Waals surface area contributed by atoms with Crippen molar-refractivity contribution in [2.75, 3.05) is 26.7 Å². The van der Waals surface area contributed by atoms with Gasteiger partial charge in [0.15, 0.2) is 0 Å². The first-order valence-corrected chi connectivity index (χ1v) is 13.0. The monoisotopic (exact) mass is 465 g/mol. The molecule has 0 aromatic heterocycles. The lowest BCUT2D eigenvalue weighted by Crippen LogP contribution is -2.42. The Labute approximate surface area is 191 Å². The van der Waals surface area contributed by atoms with E-state index in [1.807, 2.05) is 6.92 Å². The van der Waals surface area contributed by atoms with Gasteiger partial charge in [-0.25, -0.2) is 8.42 Å². The fourth-order valence-electron chi connectivity index (χ4n) is 4.55. The van der Waals surface area contributed by atoms with E-state index >= 15 is 0 Å². The Morgan fingerprint density at radius 1 is 1.03 bits per heavy atom. The van der Waals surface area contributed by atoms with Crippen molar-refractivity contribution in [2.45, 2.75) is 69.2 Å². The minimum absolute atomic E-state index is 0.00648. The van der Waals surface area contributed by atoms with Gasteiger partial charge in [0.2, 0.25) is 15.9 Å². The summed E-state index contributed by atoms with van der Waals surface area (Å²) in [5, 5.41) is 5.64. The number of amides is 2. The van der Waals surface area contributed by atoms with Gasteiger partial charge in [0, 0.05) is 37.2 Å². The van der Waals surface area contributed by atoms with Gasteiger partial charge in [0.05, 0.1) is 7.11 Å². The van der Waals surface area contributed by atoms with Gasteiger partial charge in [-0.1, -0.05) is 25.7 Å². The van der Waals surface area contributed by atoms with Crippen molar-refractivity contribution < 1.29 is 22.7 Å². The largest absolute Gasteiger partial charge is 0.495 e. The summed E-state index contributed by atoms with van der Waals surface area (Å²) >= 11 is 0. The van der Waals surface area contributed by atoms with Gasteiger partial charge in [-0.2, -0.15) is 4.31 Å². The fourth-order valence-corrected chi connectivity index (χ4v) is 6.43. The second kappa shape index (κ2) is 11.1. The number of methoxy groups -OCH3 is 1. The van der Waals surface area contributed by atoms with Gasteiger partial charge in [-0.15, -0.1) is 0 Å². The molecule has 178 valence electrons. The first-order chi connectivity index (χ1) is 15.3. The van der Waals surface area contributed by atoms with Crippen molar-refractivity contribution in [3.63, 3.8) is 0 Å². The summed E-state index contributed by atoms with van der Waals surface area (Å²) in [6, 6.07) is 4.35. The lowest BCUT2D eigenvalue weighted by atomic mass is 9.89. The molecule has 1 saturated heterocycles. The van der Waals surface area contributed by atoms with Crippen LogP contribution in [0.15, 0.2) is 23.1 Å². The van der Waals surface area contributed by atoms with Crippen LogP contribution < -0.4 is 15.4 Å². The molecule has 1 atom stereocenters. The van der Waals surface area contributed by atoms with Crippen LogP contribution in [-0.4, -0.2) is 57.3 Å². The molecule has 8 nitrogen and oxygen atoms in total. The quantitative estimate of drug-likeness (QED) is 0.575. The number of ether oxygens (including phenoxy) is 1. The number of carbonyl (C=O) groups excluding carboxylic acids is 2. The van der Waals surface area contributed by atoms with Gasteiger partial charge in [-0.05, 0) is 50.8 Å². The number of sulfonamides is 1. The molecule has 2 fully saturated rings. The molecule has 2 aliphatic rings. The van der Waals surface area contributed by atoms with Crippen LogP contribution >= 0.6 is 0 Å². The summed E-state index contributed by atoms with van der Waals surface area (Å²) in [5.41, 5.74) is 0.243. The van der Waals surface area contributed by atoms with Crippen molar-refractivity contribution in [1.29, 1.82) is 0 Å². The lowest BCUT2D eigenvalue weighted by molar-refractivity contribution is -0.125. The zero-order valence-electron chi connectivity index (χ0n) is 19.1. The van der Waals surface area contributed by atoms with Crippen molar-refractivity contribution in [1.82, 2.24) is 14.9 Å². The van der Waals surface area contributed by atoms with Crippen LogP contribution in [0.3, 0.4) is 0 Å². The molecule has 1 aliphatic carbocycles. The molecule has 2 N–H and O–H groups in total. The van der Waals surface area contributed by atoms with Crippen molar-refractivity contribution in [3.05, 3.63) is 23.8 Å². The molecule has 1 aliphatic heterocycles. The van der Waals surface area contributed by atoms with Gasteiger partial charge in [0.1, 0.15) is 10.6 Å². The summed E-state index contributed by atoms with van der Waals surface area (Å²) < 4.78 is 33.4. The van der Waals surface area contributed by atoms with Crippen molar-refractivity contribution in [2.24, 2.45) is 5.92 Å². The number of rotatable bonds is 8. The summed E-state index contributed by atoms with van der Waals surface area (Å²) in [6.45, 7) is 2.98. The molecule has 1 aromatic carbocycles. The number of nitrogens with one attached hydrogen (secondary N) is 2. The summed E-state index contributed by atoms with van der Waals surface area (Å²) in [7, 11) is -2.37. The molecule has 9 heteroatoms. The van der Waals surface area contributed by atoms with Crippen LogP contribution in [0.2, 0.25) is 0 Å². The molecule has 1 unspecified atom stereocenters. The summed E-state index contributed by atoms with van der Waals surface area (Å²) in [6.07, 6.45) is 7.86. The standard InChI is InChI=1S/C23H35N3O5S/c1-17-8-6-7-15-26(17)32(29,30)21-16-19(11-12-20(21)31-2)23(28)25-14-13-24-22(27)18-9-4-3-5-10-18/h11-12,16-18H,3-10,13-15H2,1-2H3,(H,24,27)(H,25,28). The van der Waals surface area contributed by atoms with Gasteiger partial charge in [0.25, 0.3) is 5.91 Å². The smallest absolute Gasteiger partial charge is 0.251 e. The normalized spacial score (nSPS) is 20.5. The Hall–Kier alpha value is -2.13. The van der Waals surface area contributed by atoms with E-state index in [4.69, 9.17) is 4.74 Å². The highest BCUT2D eigenvalue weighted by Crippen LogP contribution is 2.31. The predicted molar refractivity (Wildman–Crippen MR) is 122 cm³/mol. The molecule has 1 saturated carbocycles. The Balaban J connectivity index is 1.62. The zero-order chi connectivity index (χ0) is 23.1. The highest BCUT2D eigenvalue weighted by molar-refractivity contribution is 7.89. The molecular weight excluding hydrogens is 430 g/mol. The maximum atomic E-state index is 13.3. The third kappa shape index (κ3) is 5.81. The Kier molecular flexibility index (Phi) is 8.53. The highest BCUT2D eigenvalue weighted by Gasteiger charge is 2.33. The average molecular weight is 466 g/mol. The van der Waals surface area contributed by atoms with Crippen LogP contribution in [0.25, 0.3) is 0 Å². The third-order valence-corrected chi connectivity index (χ3v) is 8.47. The van der Waals surface area contributed by atoms with Gasteiger partial charge >= 0.3 is 0 Å². The first-order valence-electron chi connectivity index (χ1n) is 11.6. The molecule has 3 rings (SSSR count). The first kappa shape index (κ1) is 24.5. The number of carbonyl (C=O) groups is 2. The second-order valence-electron chi connectivity index (χ2n) is 8.71. The fraction of sp³-hybridized carbons (Fsp3) is 0.652. The van der Waals surface area contributed by atoms with E-state index < -0.39 is 10.0 Å². The molecule has 0 radical (unpaired) electrons. The SMILES string of the molecule is COc1ccc(C(=O)NCCNC(=O)C2CCCCC2)cc1S(=O)(=O)N1CCCCC1C. The second-order valence-corrected chi connectivity index (χ2v) is 10.6. The van der Waals surface area contributed by atoms with E-state index in [1.54, 1.807) is 6.07 Å². The van der Waals surface area contributed by atoms with Gasteiger partial charge < -0.3 is 15.4 Å². The average Bonchev–Trinajstić information content (AvgIpc) is 2.81. The minimum atomic E-state index is -3.79. The molecular formula is C23H35N3O5S. The number of hydrogen-bond acceptors (Lipinski definition) is 5. The van der Waals surface area contributed by atoms with E-state index in [9.17, 15) is 18.0 Å². The summed E-state index contributed by atoms with van der Waals surface area (Å²) in [5.74, 6) is -0.0415. The number of benzene rings is 1. The van der Waals surface area contributed by atoms with Crippen LogP contribution in [0.4, 0.5) is 0 Å². The van der Waals surface area contributed by atoms with Crippen LogP contribution in [0, 0.1) is 5.92 Å². The number of nitrogens with zero attached hydrogens (tertiary/aromatic N) is 1. The van der Waals surface area contributed by atoms with E-state index in [2.05, 4.69) is 10.6 Å². The maximum Gasteiger partial charge on any atom is 0.251 e. The van der Waals surface area contributed by atoms with E-state index in [0.29, 0.717) is 13.1 Å². The van der Waals surface area contributed by atoms with Crippen LogP contribution in [0.5, 0.6) is 5.75 Å². The van der Waals surface area contributed by atoms with Crippen LogP contribution in [-0.2, 0) is 14.8 Å². The Bertz CT molecular complexity index is 912. The van der Waals surface area contributed by atoms with E-state index in [1.165, 1.54) is 30.0 Å². The van der Waals surface area contributed by atoms with E-state index in [0.717, 1.165) is 44.9 Å². The molecule has 0 spiro atoms. The van der Waals surface area contributed by atoms with Gasteiger partial charge in [-0.3, -0.25) is 9.59 Å². The lowest BCUT2D eigenvalue weighted by Gasteiger charge is -2.32. The Morgan fingerprint density at radius 3 is 2.41 bits per heavy atom. The number of piperidine rings is 1. The molecule has 1 heterocycles. The third-order valence-electron chi connectivity index (χ3n) is 6.44. The van der Waals surface area contributed by atoms with Crippen LogP contribution in [0.1, 0.15) is 68.6 Å². The highest BCUT2D eigenvalue weighted by atomic mass is 32.2. The minimum Gasteiger partial charge on any atom is -0.495 e. The summed E-state index contributed by atoms with van der Waals surface area (Å²) in [4.78, 5) is 24.8. The van der Waals surface area contributed by atoms with E-state index in [-0.39, 0.29) is 46.5 Å². The molecule has 2 amide bonds. The van der Waals surface area contributed by atoms with Crippen molar-refractivity contribution in [3.8, 4) is 5.75 Å². The topological polar surface area (TPSA) is 105 Å². The number of hydrogen-bond donors (Lipinski definition) is 2. The van der Waals surface area contributed by atoms with Crippen molar-refractivity contribution >= 4 is 21.8 Å². The maximum absolute atomic E-state index is 13.3. The molecule has 32 heavy (non-hydrogen) atoms. The molecule has 1 aromatic rings. The Morgan fingerprint density at radius 2 is 1.72 bits per heavy atom. The predicted octanol–water partition coefficient (Wildman–Crippen LogP) is 2.68. The zero-order valence-corrected chi connectivity index (χ0v) is 19.9. The molecule has 0 bridgehead atoms.